The second-order valence-corrected chi connectivity index (χ2v) is 5.45. The van der Waals surface area contributed by atoms with Crippen molar-refractivity contribution in [3.05, 3.63) is 29.8 Å². The van der Waals surface area contributed by atoms with Crippen LogP contribution >= 0.6 is 0 Å². The van der Waals surface area contributed by atoms with E-state index < -0.39 is 0 Å². The predicted molar refractivity (Wildman–Crippen MR) is 85.2 cm³/mol. The van der Waals surface area contributed by atoms with Crippen LogP contribution in [0.5, 0.6) is 11.5 Å². The van der Waals surface area contributed by atoms with Gasteiger partial charge in [0.1, 0.15) is 0 Å². The second-order valence-electron chi connectivity index (χ2n) is 5.45. The van der Waals surface area contributed by atoms with E-state index in [-0.39, 0.29) is 18.1 Å². The average molecular weight is 305 g/mol. The van der Waals surface area contributed by atoms with Gasteiger partial charge in [-0.25, -0.2) is 0 Å². The van der Waals surface area contributed by atoms with E-state index in [0.717, 1.165) is 5.56 Å². The molecule has 0 saturated carbocycles. The van der Waals surface area contributed by atoms with E-state index >= 15 is 0 Å². The molecule has 2 rings (SSSR count). The van der Waals surface area contributed by atoms with Gasteiger partial charge in [-0.1, -0.05) is 6.07 Å². The third-order valence-electron chi connectivity index (χ3n) is 3.56. The van der Waals surface area contributed by atoms with Crippen molar-refractivity contribution in [2.45, 2.75) is 26.1 Å². The summed E-state index contributed by atoms with van der Waals surface area (Å²) in [7, 11) is 3.19. The lowest BCUT2D eigenvalue weighted by Gasteiger charge is -2.34. The maximum absolute atomic E-state index is 12.3. The fraction of sp³-hybridized carbons (Fsp3) is 0.471. The number of methoxy groups -OCH3 is 2. The quantitative estimate of drug-likeness (QED) is 0.801. The number of hydrogen-bond acceptors (Lipinski definition) is 4. The molecule has 0 aliphatic carbocycles. The van der Waals surface area contributed by atoms with Crippen LogP contribution in [-0.4, -0.2) is 50.3 Å². The molecule has 1 heterocycles. The Bertz CT molecular complexity index is 546. The minimum absolute atomic E-state index is 0.00298. The van der Waals surface area contributed by atoms with Crippen molar-refractivity contribution in [2.75, 3.05) is 27.3 Å². The summed E-state index contributed by atoms with van der Waals surface area (Å²) in [5.74, 6) is 1.31. The molecule has 0 aromatic heterocycles. The van der Waals surface area contributed by atoms with E-state index in [1.807, 2.05) is 36.9 Å². The van der Waals surface area contributed by atoms with Crippen LogP contribution in [0.2, 0.25) is 0 Å². The van der Waals surface area contributed by atoms with Crippen LogP contribution in [0.3, 0.4) is 0 Å². The third kappa shape index (κ3) is 4.01. The molecule has 1 aromatic rings. The molecule has 5 nitrogen and oxygen atoms in total. The van der Waals surface area contributed by atoms with Crippen LogP contribution in [0.4, 0.5) is 0 Å². The van der Waals surface area contributed by atoms with Crippen LogP contribution in [-0.2, 0) is 9.53 Å². The smallest absolute Gasteiger partial charge is 0.246 e. The first kappa shape index (κ1) is 16.4. The molecule has 1 fully saturated rings. The van der Waals surface area contributed by atoms with E-state index in [0.29, 0.717) is 24.6 Å². The molecule has 1 aliphatic heterocycles. The number of ether oxygens (including phenoxy) is 3. The molecular weight excluding hydrogens is 282 g/mol. The zero-order valence-electron chi connectivity index (χ0n) is 13.5. The number of benzene rings is 1. The standard InChI is InChI=1S/C17H23NO4/c1-12-10-18(11-13(2)22-12)17(19)8-6-14-5-7-15(20-3)16(9-14)21-4/h5-9,12-13H,10-11H2,1-4H3/b8-6+/t12-,13-/m1/s1. The van der Waals surface area contributed by atoms with E-state index in [2.05, 4.69) is 0 Å². The van der Waals surface area contributed by atoms with Gasteiger partial charge in [0.2, 0.25) is 5.91 Å². The van der Waals surface area contributed by atoms with Gasteiger partial charge in [-0.05, 0) is 37.6 Å². The topological polar surface area (TPSA) is 48.0 Å². The van der Waals surface area contributed by atoms with E-state index in [1.165, 1.54) is 0 Å². The van der Waals surface area contributed by atoms with E-state index in [9.17, 15) is 4.79 Å². The summed E-state index contributed by atoms with van der Waals surface area (Å²) in [6, 6.07) is 5.55. The minimum Gasteiger partial charge on any atom is -0.493 e. The second kappa shape index (κ2) is 7.31. The van der Waals surface area contributed by atoms with Crippen LogP contribution in [0.25, 0.3) is 6.08 Å². The zero-order valence-corrected chi connectivity index (χ0v) is 13.5. The molecular formula is C17H23NO4. The molecule has 0 radical (unpaired) electrons. The van der Waals surface area contributed by atoms with Gasteiger partial charge in [-0.2, -0.15) is 0 Å². The summed E-state index contributed by atoms with van der Waals surface area (Å²) in [5.41, 5.74) is 0.889. The molecule has 0 bridgehead atoms. The van der Waals surface area contributed by atoms with Crippen molar-refractivity contribution in [3.63, 3.8) is 0 Å². The molecule has 1 saturated heterocycles. The van der Waals surface area contributed by atoms with Crippen LogP contribution in [0.1, 0.15) is 19.4 Å². The molecule has 120 valence electrons. The first-order chi connectivity index (χ1) is 10.5. The Morgan fingerprint density at radius 1 is 1.18 bits per heavy atom. The van der Waals surface area contributed by atoms with Crippen LogP contribution in [0, 0.1) is 0 Å². The molecule has 1 aromatic carbocycles. The van der Waals surface area contributed by atoms with Crippen molar-refractivity contribution in [2.24, 2.45) is 0 Å². The predicted octanol–water partition coefficient (Wildman–Crippen LogP) is 2.35. The first-order valence-corrected chi connectivity index (χ1v) is 7.38. The number of nitrogens with zero attached hydrogens (tertiary/aromatic N) is 1. The normalized spacial score (nSPS) is 21.9. The summed E-state index contributed by atoms with van der Waals surface area (Å²) < 4.78 is 16.1. The van der Waals surface area contributed by atoms with Gasteiger partial charge in [-0.3, -0.25) is 4.79 Å². The van der Waals surface area contributed by atoms with Crippen LogP contribution in [0.15, 0.2) is 24.3 Å². The number of morpholine rings is 1. The van der Waals surface area contributed by atoms with Gasteiger partial charge in [0.05, 0.1) is 26.4 Å². The molecule has 0 spiro atoms. The maximum Gasteiger partial charge on any atom is 0.246 e. The monoisotopic (exact) mass is 305 g/mol. The summed E-state index contributed by atoms with van der Waals surface area (Å²) in [6.45, 7) is 5.21. The SMILES string of the molecule is COc1ccc(/C=C/C(=O)N2C[C@@H](C)O[C@H](C)C2)cc1OC. The number of rotatable bonds is 4. The minimum atomic E-state index is -0.00298. The first-order valence-electron chi connectivity index (χ1n) is 7.38. The van der Waals surface area contributed by atoms with Gasteiger partial charge >= 0.3 is 0 Å². The lowest BCUT2D eigenvalue weighted by molar-refractivity contribution is -0.137. The molecule has 22 heavy (non-hydrogen) atoms. The van der Waals surface area contributed by atoms with Crippen molar-refractivity contribution >= 4 is 12.0 Å². The average Bonchev–Trinajstić information content (AvgIpc) is 2.51. The highest BCUT2D eigenvalue weighted by Gasteiger charge is 2.24. The lowest BCUT2D eigenvalue weighted by Crippen LogP contribution is -2.47. The highest BCUT2D eigenvalue weighted by molar-refractivity contribution is 5.92. The third-order valence-corrected chi connectivity index (χ3v) is 3.56. The fourth-order valence-electron chi connectivity index (χ4n) is 2.59. The Balaban J connectivity index is 2.06. The Morgan fingerprint density at radius 3 is 2.41 bits per heavy atom. The number of hydrogen-bond donors (Lipinski definition) is 0. The highest BCUT2D eigenvalue weighted by Crippen LogP contribution is 2.28. The molecule has 5 heteroatoms. The molecule has 0 unspecified atom stereocenters. The zero-order chi connectivity index (χ0) is 16.1. The van der Waals surface area contributed by atoms with Gasteiger partial charge in [0.25, 0.3) is 0 Å². The summed E-state index contributed by atoms with van der Waals surface area (Å²) in [6.07, 6.45) is 3.52. The Morgan fingerprint density at radius 2 is 1.82 bits per heavy atom. The maximum atomic E-state index is 12.3. The Hall–Kier alpha value is -2.01. The molecule has 2 atom stereocenters. The van der Waals surface area contributed by atoms with Crippen molar-refractivity contribution < 1.29 is 19.0 Å². The van der Waals surface area contributed by atoms with Gasteiger partial charge in [0.15, 0.2) is 11.5 Å². The van der Waals surface area contributed by atoms with E-state index in [1.54, 1.807) is 26.4 Å². The van der Waals surface area contributed by atoms with Crippen molar-refractivity contribution in [1.82, 2.24) is 4.90 Å². The highest BCUT2D eigenvalue weighted by atomic mass is 16.5. The summed E-state index contributed by atoms with van der Waals surface area (Å²) in [5, 5.41) is 0. The molecule has 1 amide bonds. The van der Waals surface area contributed by atoms with Crippen LogP contribution < -0.4 is 9.47 Å². The van der Waals surface area contributed by atoms with Crippen molar-refractivity contribution in [3.8, 4) is 11.5 Å². The largest absolute Gasteiger partial charge is 0.493 e. The van der Waals surface area contributed by atoms with Gasteiger partial charge < -0.3 is 19.1 Å². The summed E-state index contributed by atoms with van der Waals surface area (Å²) >= 11 is 0. The lowest BCUT2D eigenvalue weighted by atomic mass is 10.1. The summed E-state index contributed by atoms with van der Waals surface area (Å²) in [4.78, 5) is 14.1. The molecule has 1 aliphatic rings. The van der Waals surface area contributed by atoms with Crippen molar-refractivity contribution in [1.29, 1.82) is 0 Å². The number of amides is 1. The fourth-order valence-corrected chi connectivity index (χ4v) is 2.59. The Labute approximate surface area is 131 Å². The number of carbonyl (C=O) groups excluding carboxylic acids is 1. The number of carbonyl (C=O) groups is 1. The van der Waals surface area contributed by atoms with Gasteiger partial charge in [-0.15, -0.1) is 0 Å². The molecule has 0 N–H and O–H groups in total. The van der Waals surface area contributed by atoms with E-state index in [4.69, 9.17) is 14.2 Å². The van der Waals surface area contributed by atoms with Gasteiger partial charge in [0, 0.05) is 19.2 Å². The Kier molecular flexibility index (Phi) is 5.44.